The van der Waals surface area contributed by atoms with Crippen molar-refractivity contribution in [2.75, 3.05) is 0 Å². The van der Waals surface area contributed by atoms with Crippen LogP contribution in [0.4, 0.5) is 0 Å². The molecule has 0 N–H and O–H groups in total. The molecule has 1 aliphatic rings. The fourth-order valence-electron chi connectivity index (χ4n) is 3.26. The molecule has 1 aliphatic carbocycles. The van der Waals surface area contributed by atoms with Crippen molar-refractivity contribution in [2.24, 2.45) is 5.92 Å². The van der Waals surface area contributed by atoms with Crippen molar-refractivity contribution in [1.82, 2.24) is 0 Å². The second-order valence-corrected chi connectivity index (χ2v) is 5.90. The number of para-hydroxylation sites is 2. The molecule has 1 saturated carbocycles. The van der Waals surface area contributed by atoms with Crippen molar-refractivity contribution >= 4 is 27.9 Å². The number of ether oxygens (including phenoxy) is 1. The van der Waals surface area contributed by atoms with Crippen molar-refractivity contribution < 1.29 is 13.9 Å². The topological polar surface area (TPSA) is 39.4 Å². The summed E-state index contributed by atoms with van der Waals surface area (Å²) in [4.78, 5) is 12.4. The second-order valence-electron chi connectivity index (χ2n) is 5.90. The monoisotopic (exact) mass is 293 g/mol. The third kappa shape index (κ3) is 2.27. The van der Waals surface area contributed by atoms with Gasteiger partial charge in [-0.05, 0) is 18.9 Å². The van der Waals surface area contributed by atoms with Crippen LogP contribution >= 0.6 is 0 Å². The van der Waals surface area contributed by atoms with Crippen LogP contribution in [0.5, 0.6) is 5.75 Å². The Hall–Kier alpha value is -2.29. The highest BCUT2D eigenvalue weighted by Gasteiger charge is 2.24. The summed E-state index contributed by atoms with van der Waals surface area (Å²) in [5, 5.41) is 1.95. The van der Waals surface area contributed by atoms with Crippen LogP contribution < -0.4 is 4.74 Å². The maximum atomic E-state index is 12.4. The van der Waals surface area contributed by atoms with Gasteiger partial charge in [-0.2, -0.15) is 0 Å². The standard InChI is InChI=1S/C19H17O3/c20-19(13-7-2-1-3-8-13)22-17-12-6-10-15-14-9-4-5-11-16(14)21-18(15)17/h4-6,9-10,12-13H,1-3,7-8H2. The van der Waals surface area contributed by atoms with Gasteiger partial charge in [0.15, 0.2) is 11.3 Å². The molecule has 111 valence electrons. The Balaban J connectivity index is 1.70. The second kappa shape index (κ2) is 5.48. The zero-order valence-corrected chi connectivity index (χ0v) is 12.3. The van der Waals surface area contributed by atoms with Gasteiger partial charge >= 0.3 is 5.97 Å². The average Bonchev–Trinajstić information content (AvgIpc) is 2.95. The van der Waals surface area contributed by atoms with Crippen LogP contribution in [0, 0.1) is 12.0 Å². The van der Waals surface area contributed by atoms with Gasteiger partial charge in [0, 0.05) is 16.8 Å². The lowest BCUT2D eigenvalue weighted by Crippen LogP contribution is -2.22. The smallest absolute Gasteiger partial charge is 0.314 e. The lowest BCUT2D eigenvalue weighted by molar-refractivity contribution is -0.139. The summed E-state index contributed by atoms with van der Waals surface area (Å²) in [5.41, 5.74) is 1.32. The Kier molecular flexibility index (Phi) is 3.34. The number of esters is 1. The highest BCUT2D eigenvalue weighted by molar-refractivity contribution is 6.06. The third-order valence-corrected chi connectivity index (χ3v) is 4.44. The number of hydrogen-bond acceptors (Lipinski definition) is 3. The van der Waals surface area contributed by atoms with E-state index < -0.39 is 0 Å². The Labute approximate surface area is 128 Å². The minimum atomic E-state index is -0.128. The lowest BCUT2D eigenvalue weighted by Gasteiger charge is -2.19. The van der Waals surface area contributed by atoms with Crippen LogP contribution in [0.1, 0.15) is 32.1 Å². The van der Waals surface area contributed by atoms with E-state index >= 15 is 0 Å². The van der Waals surface area contributed by atoms with Crippen LogP contribution in [0.3, 0.4) is 0 Å². The van der Waals surface area contributed by atoms with Gasteiger partial charge < -0.3 is 9.15 Å². The largest absolute Gasteiger partial charge is 0.451 e. The van der Waals surface area contributed by atoms with Crippen molar-refractivity contribution in [2.45, 2.75) is 32.1 Å². The Bertz CT molecular complexity index is 825. The molecule has 3 aromatic rings. The molecule has 3 nitrogen and oxygen atoms in total. The fraction of sp³-hybridized carbons (Fsp3) is 0.316. The molecule has 0 unspecified atom stereocenters. The first-order valence-corrected chi connectivity index (χ1v) is 7.86. The van der Waals surface area contributed by atoms with E-state index in [1.165, 1.54) is 6.42 Å². The molecule has 22 heavy (non-hydrogen) atoms. The van der Waals surface area contributed by atoms with Crippen molar-refractivity contribution in [1.29, 1.82) is 0 Å². The molecular formula is C19H17O3. The summed E-state index contributed by atoms with van der Waals surface area (Å²) in [6.45, 7) is 0. The molecule has 0 bridgehead atoms. The van der Waals surface area contributed by atoms with Gasteiger partial charge in [-0.25, -0.2) is 0 Å². The normalized spacial score (nSPS) is 16.2. The fourth-order valence-corrected chi connectivity index (χ4v) is 3.26. The molecule has 2 aromatic carbocycles. The summed E-state index contributed by atoms with van der Waals surface area (Å²) < 4.78 is 11.5. The molecule has 1 heterocycles. The Morgan fingerprint density at radius 1 is 1.09 bits per heavy atom. The molecule has 0 amide bonds. The minimum Gasteiger partial charge on any atom is -0.451 e. The van der Waals surface area contributed by atoms with Crippen molar-refractivity contribution in [3.05, 3.63) is 42.5 Å². The number of carbonyl (C=O) groups is 1. The van der Waals surface area contributed by atoms with Gasteiger partial charge in [0.2, 0.25) is 0 Å². The predicted octanol–water partition coefficient (Wildman–Crippen LogP) is 4.87. The molecule has 1 aromatic heterocycles. The van der Waals surface area contributed by atoms with Crippen molar-refractivity contribution in [3.63, 3.8) is 0 Å². The summed E-state index contributed by atoms with van der Waals surface area (Å²) in [5.74, 6) is 0.411. The molecule has 1 radical (unpaired) electrons. The van der Waals surface area contributed by atoms with Gasteiger partial charge in [0.1, 0.15) is 5.58 Å². The molecule has 0 aliphatic heterocycles. The van der Waals surface area contributed by atoms with E-state index in [9.17, 15) is 4.79 Å². The minimum absolute atomic E-state index is 0.0277. The predicted molar refractivity (Wildman–Crippen MR) is 84.8 cm³/mol. The quantitative estimate of drug-likeness (QED) is 0.500. The number of benzene rings is 2. The first-order valence-electron chi connectivity index (χ1n) is 7.86. The van der Waals surface area contributed by atoms with Crippen LogP contribution in [-0.4, -0.2) is 5.97 Å². The van der Waals surface area contributed by atoms with E-state index in [4.69, 9.17) is 9.15 Å². The van der Waals surface area contributed by atoms with Gasteiger partial charge in [-0.3, -0.25) is 4.79 Å². The molecule has 4 rings (SSSR count). The van der Waals surface area contributed by atoms with E-state index in [0.717, 1.165) is 36.5 Å². The zero-order chi connectivity index (χ0) is 14.9. The number of fused-ring (bicyclic) bond motifs is 3. The summed E-state index contributed by atoms with van der Waals surface area (Å²) >= 11 is 0. The number of hydrogen-bond donors (Lipinski definition) is 0. The lowest BCUT2D eigenvalue weighted by atomic mass is 9.89. The van der Waals surface area contributed by atoms with Gasteiger partial charge in [-0.15, -0.1) is 0 Å². The summed E-state index contributed by atoms with van der Waals surface area (Å²) in [7, 11) is 0. The molecule has 0 atom stereocenters. The molecule has 0 spiro atoms. The van der Waals surface area contributed by atoms with Crippen molar-refractivity contribution in [3.8, 4) is 5.75 Å². The summed E-state index contributed by atoms with van der Waals surface area (Å²) in [6, 6.07) is 14.5. The molecule has 1 fully saturated rings. The highest BCUT2D eigenvalue weighted by atomic mass is 16.5. The summed E-state index contributed by atoms with van der Waals surface area (Å²) in [6.07, 6.45) is 5.32. The van der Waals surface area contributed by atoms with E-state index in [1.807, 2.05) is 30.3 Å². The maximum Gasteiger partial charge on any atom is 0.314 e. The highest BCUT2D eigenvalue weighted by Crippen LogP contribution is 2.35. The van der Waals surface area contributed by atoms with Crippen LogP contribution in [0.2, 0.25) is 0 Å². The van der Waals surface area contributed by atoms with Crippen LogP contribution in [0.15, 0.2) is 40.8 Å². The van der Waals surface area contributed by atoms with E-state index in [-0.39, 0.29) is 11.9 Å². The number of furan rings is 1. The number of carbonyl (C=O) groups excluding carboxylic acids is 1. The maximum absolute atomic E-state index is 12.4. The SMILES string of the molecule is O=C(Oc1cccc2c1oc1[c]cccc12)C1CCCCC1. The molecular weight excluding hydrogens is 276 g/mol. The van der Waals surface area contributed by atoms with Gasteiger partial charge in [-0.1, -0.05) is 49.6 Å². The third-order valence-electron chi connectivity index (χ3n) is 4.44. The van der Waals surface area contributed by atoms with E-state index in [2.05, 4.69) is 6.07 Å². The van der Waals surface area contributed by atoms with Crippen LogP contribution in [0.25, 0.3) is 21.9 Å². The first-order chi connectivity index (χ1) is 10.8. The number of rotatable bonds is 2. The molecule has 0 saturated heterocycles. The zero-order valence-electron chi connectivity index (χ0n) is 12.3. The Morgan fingerprint density at radius 3 is 2.77 bits per heavy atom. The van der Waals surface area contributed by atoms with Gasteiger partial charge in [0.05, 0.1) is 5.92 Å². The molecule has 3 heteroatoms. The Morgan fingerprint density at radius 2 is 1.91 bits per heavy atom. The van der Waals surface area contributed by atoms with Crippen LogP contribution in [-0.2, 0) is 4.79 Å². The average molecular weight is 293 g/mol. The van der Waals surface area contributed by atoms with E-state index in [0.29, 0.717) is 16.9 Å². The van der Waals surface area contributed by atoms with E-state index in [1.54, 1.807) is 6.07 Å². The first kappa shape index (κ1) is 13.4. The van der Waals surface area contributed by atoms with Gasteiger partial charge in [0.25, 0.3) is 0 Å².